The molecule has 154 valence electrons. The molecule has 0 fully saturated rings. The Morgan fingerprint density at radius 1 is 0.903 bits per heavy atom. The van der Waals surface area contributed by atoms with Gasteiger partial charge in [-0.05, 0) is 52.9 Å². The van der Waals surface area contributed by atoms with E-state index in [1.165, 1.54) is 24.5 Å². The van der Waals surface area contributed by atoms with Crippen LogP contribution in [0.15, 0.2) is 77.7 Å². The largest absolute Gasteiger partial charge is 0.298 e. The van der Waals surface area contributed by atoms with E-state index in [2.05, 4.69) is 21.1 Å². The molecular weight excluding hydrogens is 430 g/mol. The van der Waals surface area contributed by atoms with Crippen molar-refractivity contribution < 1.29 is 13.2 Å². The zero-order valence-electron chi connectivity index (χ0n) is 16.4. The van der Waals surface area contributed by atoms with Crippen molar-refractivity contribution in [2.75, 3.05) is 12.4 Å². The second-order valence-corrected chi connectivity index (χ2v) is 9.92. The number of rotatable bonds is 4. The van der Waals surface area contributed by atoms with Gasteiger partial charge in [0.15, 0.2) is 5.13 Å². The quantitative estimate of drug-likeness (QED) is 0.389. The first-order valence-corrected chi connectivity index (χ1v) is 11.8. The van der Waals surface area contributed by atoms with Crippen LogP contribution in [-0.4, -0.2) is 26.4 Å². The van der Waals surface area contributed by atoms with E-state index in [1.807, 2.05) is 48.5 Å². The minimum atomic E-state index is -3.55. The summed E-state index contributed by atoms with van der Waals surface area (Å²) in [6, 6.07) is 22.3. The van der Waals surface area contributed by atoms with Gasteiger partial charge in [0.05, 0.1) is 20.7 Å². The van der Waals surface area contributed by atoms with Crippen molar-refractivity contribution in [3.05, 3.63) is 78.4 Å². The second-order valence-electron chi connectivity index (χ2n) is 7.00. The monoisotopic (exact) mass is 447 g/mol. The number of anilines is 1. The maximum Gasteiger partial charge on any atom is 0.258 e. The first kappa shape index (κ1) is 19.6. The third kappa shape index (κ3) is 3.44. The highest BCUT2D eigenvalue weighted by Crippen LogP contribution is 2.31. The molecular formula is C23H17N3O3S2. The second kappa shape index (κ2) is 7.42. The Bertz CT molecular complexity index is 1540. The number of thiazole rings is 1. The minimum Gasteiger partial charge on any atom is -0.298 e. The number of benzene rings is 4. The molecule has 0 saturated carbocycles. The summed E-state index contributed by atoms with van der Waals surface area (Å²) in [6.07, 6.45) is 0. The van der Waals surface area contributed by atoms with Crippen LogP contribution in [0.1, 0.15) is 10.4 Å². The van der Waals surface area contributed by atoms with Gasteiger partial charge in [0.2, 0.25) is 10.0 Å². The standard InChI is InChI=1S/C23H17N3O3S2/c1-24-31(28,29)16-10-11-19-20(13-16)30-23(25-19)26-22(27)21-17-8-4-2-6-14(17)12-15-7-3-5-9-18(15)21/h2-13,24H,1H3,(H,25,26,27). The average molecular weight is 448 g/mol. The van der Waals surface area contributed by atoms with Gasteiger partial charge in [-0.3, -0.25) is 10.1 Å². The number of nitrogens with zero attached hydrogens (tertiary/aromatic N) is 1. The summed E-state index contributed by atoms with van der Waals surface area (Å²) >= 11 is 1.24. The van der Waals surface area contributed by atoms with Gasteiger partial charge >= 0.3 is 0 Å². The molecule has 2 N–H and O–H groups in total. The summed E-state index contributed by atoms with van der Waals surface area (Å²) in [5.41, 5.74) is 1.21. The molecule has 6 nitrogen and oxygen atoms in total. The van der Waals surface area contributed by atoms with Gasteiger partial charge in [-0.2, -0.15) is 0 Å². The number of nitrogens with one attached hydrogen (secondary N) is 2. The van der Waals surface area contributed by atoms with Gasteiger partial charge in [0.25, 0.3) is 5.91 Å². The van der Waals surface area contributed by atoms with Gasteiger partial charge in [-0.1, -0.05) is 59.9 Å². The lowest BCUT2D eigenvalue weighted by molar-refractivity contribution is 0.103. The molecule has 1 heterocycles. The molecule has 5 aromatic rings. The smallest absolute Gasteiger partial charge is 0.258 e. The highest BCUT2D eigenvalue weighted by atomic mass is 32.2. The van der Waals surface area contributed by atoms with E-state index in [0.29, 0.717) is 20.9 Å². The molecule has 0 unspecified atom stereocenters. The first-order chi connectivity index (χ1) is 15.0. The van der Waals surface area contributed by atoms with Crippen LogP contribution in [-0.2, 0) is 10.0 Å². The van der Waals surface area contributed by atoms with Gasteiger partial charge in [0, 0.05) is 0 Å². The van der Waals surface area contributed by atoms with E-state index in [0.717, 1.165) is 21.5 Å². The fourth-order valence-corrected chi connectivity index (χ4v) is 5.39. The maximum atomic E-state index is 13.3. The number of carbonyl (C=O) groups is 1. The summed E-state index contributed by atoms with van der Waals surface area (Å²) in [4.78, 5) is 18.0. The molecule has 0 aliphatic carbocycles. The lowest BCUT2D eigenvalue weighted by Gasteiger charge is -2.10. The normalized spacial score (nSPS) is 11.9. The highest BCUT2D eigenvalue weighted by molar-refractivity contribution is 7.89. The molecule has 8 heteroatoms. The lowest BCUT2D eigenvalue weighted by Crippen LogP contribution is -2.18. The van der Waals surface area contributed by atoms with Crippen molar-refractivity contribution in [2.24, 2.45) is 0 Å². The lowest BCUT2D eigenvalue weighted by atomic mass is 9.96. The van der Waals surface area contributed by atoms with Crippen molar-refractivity contribution >= 4 is 64.2 Å². The Hall–Kier alpha value is -3.33. The number of amides is 1. The minimum absolute atomic E-state index is 0.157. The van der Waals surface area contributed by atoms with Crippen LogP contribution < -0.4 is 10.0 Å². The fraction of sp³-hybridized carbons (Fsp3) is 0.0435. The van der Waals surface area contributed by atoms with Crippen LogP contribution in [0, 0.1) is 0 Å². The van der Waals surface area contributed by atoms with E-state index in [-0.39, 0.29) is 10.8 Å². The number of hydrogen-bond donors (Lipinski definition) is 2. The Balaban J connectivity index is 1.59. The summed E-state index contributed by atoms with van der Waals surface area (Å²) in [5.74, 6) is -0.255. The molecule has 5 rings (SSSR count). The molecule has 31 heavy (non-hydrogen) atoms. The van der Waals surface area contributed by atoms with E-state index >= 15 is 0 Å². The number of aromatic nitrogens is 1. The predicted octanol–water partition coefficient (Wildman–Crippen LogP) is 4.76. The summed E-state index contributed by atoms with van der Waals surface area (Å²) in [6.45, 7) is 0. The third-order valence-corrected chi connectivity index (χ3v) is 7.50. The van der Waals surface area contributed by atoms with Crippen molar-refractivity contribution in [2.45, 2.75) is 4.90 Å². The third-order valence-electron chi connectivity index (χ3n) is 5.16. The molecule has 0 aliphatic heterocycles. The van der Waals surface area contributed by atoms with Crippen molar-refractivity contribution in [1.29, 1.82) is 0 Å². The van der Waals surface area contributed by atoms with Crippen LogP contribution in [0.4, 0.5) is 5.13 Å². The average Bonchev–Trinajstić information content (AvgIpc) is 3.18. The van der Waals surface area contributed by atoms with E-state index in [9.17, 15) is 13.2 Å². The highest BCUT2D eigenvalue weighted by Gasteiger charge is 2.18. The molecule has 0 saturated heterocycles. The summed E-state index contributed by atoms with van der Waals surface area (Å²) in [5, 5.41) is 7.01. The van der Waals surface area contributed by atoms with Gasteiger partial charge in [-0.15, -0.1) is 0 Å². The summed E-state index contributed by atoms with van der Waals surface area (Å²) in [7, 11) is -2.19. The first-order valence-electron chi connectivity index (χ1n) is 9.52. The van der Waals surface area contributed by atoms with Gasteiger partial charge < -0.3 is 0 Å². The molecule has 0 bridgehead atoms. The molecule has 0 atom stereocenters. The van der Waals surface area contributed by atoms with E-state index in [4.69, 9.17) is 0 Å². The zero-order chi connectivity index (χ0) is 21.6. The van der Waals surface area contributed by atoms with Crippen LogP contribution in [0.5, 0.6) is 0 Å². The molecule has 4 aromatic carbocycles. The number of sulfonamides is 1. The molecule has 0 aliphatic rings. The maximum absolute atomic E-state index is 13.3. The zero-order valence-corrected chi connectivity index (χ0v) is 18.0. The topological polar surface area (TPSA) is 88.2 Å². The Kier molecular flexibility index (Phi) is 4.70. The number of carbonyl (C=O) groups excluding carboxylic acids is 1. The fourth-order valence-electron chi connectivity index (χ4n) is 3.66. The van der Waals surface area contributed by atoms with Gasteiger partial charge in [0.1, 0.15) is 0 Å². The Morgan fingerprint density at radius 2 is 1.55 bits per heavy atom. The number of fused-ring (bicyclic) bond motifs is 3. The van der Waals surface area contributed by atoms with Crippen LogP contribution in [0.25, 0.3) is 31.8 Å². The Labute approximate surface area is 182 Å². The van der Waals surface area contributed by atoms with Crippen molar-refractivity contribution in [3.8, 4) is 0 Å². The Morgan fingerprint density at radius 3 is 2.19 bits per heavy atom. The predicted molar refractivity (Wildman–Crippen MR) is 125 cm³/mol. The van der Waals surface area contributed by atoms with Crippen molar-refractivity contribution in [1.82, 2.24) is 9.71 Å². The van der Waals surface area contributed by atoms with Crippen LogP contribution in [0.2, 0.25) is 0 Å². The SMILES string of the molecule is CNS(=O)(=O)c1ccc2nc(NC(=O)c3c4ccccc4cc4ccccc34)sc2c1. The van der Waals surface area contributed by atoms with Crippen LogP contribution in [0.3, 0.4) is 0 Å². The van der Waals surface area contributed by atoms with Gasteiger partial charge in [-0.25, -0.2) is 18.1 Å². The van der Waals surface area contributed by atoms with E-state index in [1.54, 1.807) is 12.1 Å². The number of hydrogen-bond acceptors (Lipinski definition) is 5. The van der Waals surface area contributed by atoms with Crippen LogP contribution >= 0.6 is 11.3 Å². The van der Waals surface area contributed by atoms with E-state index < -0.39 is 10.0 Å². The molecule has 0 spiro atoms. The summed E-state index contributed by atoms with van der Waals surface area (Å²) < 4.78 is 27.1. The molecule has 0 radical (unpaired) electrons. The van der Waals surface area contributed by atoms with Crippen molar-refractivity contribution in [3.63, 3.8) is 0 Å². The molecule has 1 amide bonds. The molecule has 1 aromatic heterocycles.